The fourth-order valence-corrected chi connectivity index (χ4v) is 8.72. The summed E-state index contributed by atoms with van der Waals surface area (Å²) in [5.41, 5.74) is 2.50. The second-order valence-corrected chi connectivity index (χ2v) is 15.7. The number of carboxylic acid groups (broad SMARTS) is 1. The Morgan fingerprint density at radius 2 is 1.62 bits per heavy atom. The van der Waals surface area contributed by atoms with Crippen LogP contribution in [0.4, 0.5) is 4.79 Å². The van der Waals surface area contributed by atoms with Crippen molar-refractivity contribution in [2.24, 2.45) is 15.4 Å². The molecule has 2 N–H and O–H groups in total. The van der Waals surface area contributed by atoms with E-state index in [2.05, 4.69) is 37.8 Å². The topological polar surface area (TPSA) is 143 Å². The molecule has 15 heteroatoms. The maximum Gasteiger partial charge on any atom is 0.318 e. The number of likely N-dealkylation sites (tertiary alicyclic amines) is 2. The fourth-order valence-electron chi connectivity index (χ4n) is 8.42. The van der Waals surface area contributed by atoms with Crippen molar-refractivity contribution in [3.05, 3.63) is 99.0 Å². The lowest BCUT2D eigenvalue weighted by Crippen LogP contribution is -2.59. The van der Waals surface area contributed by atoms with Crippen molar-refractivity contribution in [1.29, 1.82) is 0 Å². The molecule has 0 aliphatic carbocycles. The number of piperidine rings is 1. The summed E-state index contributed by atoms with van der Waals surface area (Å²) in [6.45, 7) is 5.38. The van der Waals surface area contributed by atoms with Gasteiger partial charge in [-0.05, 0) is 78.4 Å². The predicted octanol–water partition coefficient (Wildman–Crippen LogP) is 6.07. The normalized spacial score (nSPS) is 22.6. The van der Waals surface area contributed by atoms with Crippen LogP contribution < -0.4 is 10.1 Å². The molecule has 0 spiro atoms. The monoisotopic (exact) mass is 788 g/mol. The van der Waals surface area contributed by atoms with Gasteiger partial charge in [0.2, 0.25) is 0 Å². The van der Waals surface area contributed by atoms with Crippen LogP contribution in [0.25, 0.3) is 0 Å². The molecule has 0 saturated carbocycles. The zero-order valence-corrected chi connectivity index (χ0v) is 32.4. The first kappa shape index (κ1) is 38.7. The Morgan fingerprint density at radius 1 is 0.855 bits per heavy atom. The molecule has 4 aliphatic heterocycles. The third-order valence-electron chi connectivity index (χ3n) is 11.7. The Labute approximate surface area is 330 Å². The van der Waals surface area contributed by atoms with Gasteiger partial charge in [0, 0.05) is 57.8 Å². The quantitative estimate of drug-likeness (QED) is 0.240. The van der Waals surface area contributed by atoms with Gasteiger partial charge in [0.25, 0.3) is 5.91 Å². The van der Waals surface area contributed by atoms with Gasteiger partial charge in [0.05, 0.1) is 41.0 Å². The lowest BCUT2D eigenvalue weighted by Gasteiger charge is -2.45. The maximum absolute atomic E-state index is 14.2. The molecule has 3 saturated heterocycles. The Hall–Kier alpha value is -4.56. The molecule has 3 aromatic carbocycles. The highest BCUT2D eigenvalue weighted by atomic mass is 35.5. The van der Waals surface area contributed by atoms with Crippen molar-refractivity contribution < 1.29 is 24.2 Å². The molecule has 1 unspecified atom stereocenters. The van der Waals surface area contributed by atoms with Crippen LogP contribution in [-0.2, 0) is 15.7 Å². The summed E-state index contributed by atoms with van der Waals surface area (Å²) in [5.74, 6) is -0.479. The van der Waals surface area contributed by atoms with E-state index < -0.39 is 11.5 Å². The van der Waals surface area contributed by atoms with Crippen molar-refractivity contribution in [2.75, 3.05) is 72.6 Å². The first-order valence-electron chi connectivity index (χ1n) is 18.7. The van der Waals surface area contributed by atoms with Crippen molar-refractivity contribution in [2.45, 2.75) is 42.7 Å². The number of nitrogens with zero attached hydrogens (tertiary/aromatic N) is 7. The molecule has 290 valence electrons. The van der Waals surface area contributed by atoms with Crippen molar-refractivity contribution in [3.63, 3.8) is 0 Å². The minimum Gasteiger partial charge on any atom is -0.496 e. The Morgan fingerprint density at radius 3 is 2.29 bits per heavy atom. The van der Waals surface area contributed by atoms with E-state index in [9.17, 15) is 19.5 Å². The molecule has 13 nitrogen and oxygen atoms in total. The summed E-state index contributed by atoms with van der Waals surface area (Å²) < 4.78 is 5.64. The van der Waals surface area contributed by atoms with Crippen LogP contribution in [0.3, 0.4) is 0 Å². The van der Waals surface area contributed by atoms with Crippen molar-refractivity contribution in [1.82, 2.24) is 24.9 Å². The Kier molecular flexibility index (Phi) is 11.7. The molecular formula is C40H46Cl2N8O5. The zero-order valence-electron chi connectivity index (χ0n) is 30.9. The number of nitrogens with one attached hydrogen (secondary N) is 1. The summed E-state index contributed by atoms with van der Waals surface area (Å²) in [6.07, 6.45) is 4.64. The number of hydrogen-bond donors (Lipinski definition) is 2. The van der Waals surface area contributed by atoms with E-state index >= 15 is 0 Å². The molecule has 0 bridgehead atoms. The number of halogens is 2. The molecular weight excluding hydrogens is 743 g/mol. The van der Waals surface area contributed by atoms with Gasteiger partial charge in [-0.25, -0.2) is 4.79 Å². The van der Waals surface area contributed by atoms with Gasteiger partial charge in [-0.15, -0.1) is 5.10 Å². The lowest BCUT2D eigenvalue weighted by molar-refractivity contribution is -0.138. The number of benzene rings is 3. The third kappa shape index (κ3) is 8.50. The summed E-state index contributed by atoms with van der Waals surface area (Å²) in [5, 5.41) is 25.3. The summed E-state index contributed by atoms with van der Waals surface area (Å²) in [7, 11) is 1.56. The molecule has 7 rings (SSSR count). The summed E-state index contributed by atoms with van der Waals surface area (Å²) in [6, 6.07) is 21.0. The van der Waals surface area contributed by atoms with Gasteiger partial charge in [-0.3, -0.25) is 14.5 Å². The van der Waals surface area contributed by atoms with E-state index in [1.54, 1.807) is 24.3 Å². The zero-order chi connectivity index (χ0) is 38.6. The fraction of sp³-hybridized carbons (Fsp3) is 0.450. The van der Waals surface area contributed by atoms with E-state index in [1.165, 1.54) is 0 Å². The number of aliphatic carboxylic acids is 1. The average Bonchev–Trinajstić information content (AvgIpc) is 3.91. The van der Waals surface area contributed by atoms with E-state index in [0.717, 1.165) is 62.0 Å². The van der Waals surface area contributed by atoms with Gasteiger partial charge in [0.1, 0.15) is 11.8 Å². The second-order valence-electron chi connectivity index (χ2n) is 14.9. The number of urea groups is 1. The van der Waals surface area contributed by atoms with Gasteiger partial charge in [-0.2, -0.15) is 5.11 Å². The standard InChI is InChI=1S/C40H46Cl2N8O5/c1-55-35-10-7-28(34-25-43-46-45-34)23-31(35)37(53)50-18-12-39(27-50,30-8-9-32(41)33(42)24-30)11-15-47-16-13-40(14-17-47,29-5-3-2-4-6-29)44-38(54)49-21-19-48(20-22-49)26-36(51)52/h2-10,23-25,34H,11-22,26-27H2,1H3,(H,44,54)(H,51,52)/t34?,39-/m0/s1. The molecule has 2 atom stereocenters. The second kappa shape index (κ2) is 16.7. The first-order chi connectivity index (χ1) is 26.6. The Bertz CT molecular complexity index is 1940. The first-order valence-corrected chi connectivity index (χ1v) is 19.5. The van der Waals surface area contributed by atoms with Gasteiger partial charge >= 0.3 is 12.0 Å². The van der Waals surface area contributed by atoms with Crippen LogP contribution in [0.5, 0.6) is 5.75 Å². The maximum atomic E-state index is 14.2. The SMILES string of the molecule is COc1ccc(C2C=NN=N2)cc1C(=O)N1CC[C@](CCN2CCC(NC(=O)N3CCN(CC(=O)O)CC3)(c3ccccc3)CC2)(c2ccc(Cl)c(Cl)c2)C1. The number of carbonyl (C=O) groups is 3. The molecule has 0 aromatic heterocycles. The van der Waals surface area contributed by atoms with Crippen LogP contribution in [0, 0.1) is 0 Å². The van der Waals surface area contributed by atoms with Crippen LogP contribution in [0.15, 0.2) is 82.2 Å². The minimum absolute atomic E-state index is 0.0208. The molecule has 55 heavy (non-hydrogen) atoms. The summed E-state index contributed by atoms with van der Waals surface area (Å²) in [4.78, 5) is 47.2. The highest BCUT2D eigenvalue weighted by Gasteiger charge is 2.44. The Balaban J connectivity index is 1.06. The number of piperazine rings is 1. The van der Waals surface area contributed by atoms with Crippen molar-refractivity contribution in [3.8, 4) is 5.75 Å². The smallest absolute Gasteiger partial charge is 0.318 e. The number of methoxy groups -OCH3 is 1. The minimum atomic E-state index is -0.861. The number of carboxylic acids is 1. The van der Waals surface area contributed by atoms with E-state index in [1.807, 2.05) is 58.3 Å². The van der Waals surface area contributed by atoms with Crippen LogP contribution in [0.1, 0.15) is 58.8 Å². The van der Waals surface area contributed by atoms with E-state index in [4.69, 9.17) is 27.9 Å². The molecule has 3 aromatic rings. The molecule has 3 amide bonds. The third-order valence-corrected chi connectivity index (χ3v) is 12.5. The number of ether oxygens (including phenoxy) is 1. The molecule has 0 radical (unpaired) electrons. The number of hydrogen-bond acceptors (Lipinski definition) is 9. The lowest BCUT2D eigenvalue weighted by atomic mass is 9.76. The molecule has 4 heterocycles. The van der Waals surface area contributed by atoms with Gasteiger partial charge in [-0.1, -0.05) is 65.7 Å². The molecule has 3 fully saturated rings. The highest BCUT2D eigenvalue weighted by Crippen LogP contribution is 2.42. The average molecular weight is 790 g/mol. The van der Waals surface area contributed by atoms with E-state index in [-0.39, 0.29) is 29.9 Å². The van der Waals surface area contributed by atoms with Crippen molar-refractivity contribution >= 4 is 47.3 Å². The molecule has 4 aliphatic rings. The van der Waals surface area contributed by atoms with Crippen LogP contribution in [0.2, 0.25) is 10.0 Å². The van der Waals surface area contributed by atoms with Gasteiger partial charge < -0.3 is 29.9 Å². The summed E-state index contributed by atoms with van der Waals surface area (Å²) >= 11 is 13.0. The van der Waals surface area contributed by atoms with E-state index in [0.29, 0.717) is 60.6 Å². The number of rotatable bonds is 11. The predicted molar refractivity (Wildman–Crippen MR) is 210 cm³/mol. The number of carbonyl (C=O) groups excluding carboxylic acids is 2. The van der Waals surface area contributed by atoms with Crippen LogP contribution in [-0.4, -0.2) is 121 Å². The van der Waals surface area contributed by atoms with Crippen LogP contribution >= 0.6 is 23.2 Å². The highest BCUT2D eigenvalue weighted by molar-refractivity contribution is 6.42. The largest absolute Gasteiger partial charge is 0.496 e. The number of amides is 3. The van der Waals surface area contributed by atoms with Gasteiger partial charge in [0.15, 0.2) is 0 Å².